The van der Waals surface area contributed by atoms with Crippen LogP contribution in [0.25, 0.3) is 0 Å². The highest BCUT2D eigenvalue weighted by Gasteiger charge is 2.19. The summed E-state index contributed by atoms with van der Waals surface area (Å²) in [5.41, 5.74) is 0. The van der Waals surface area contributed by atoms with E-state index >= 15 is 0 Å². The Bertz CT molecular complexity index is 374. The highest BCUT2D eigenvalue weighted by molar-refractivity contribution is 7.54. The zero-order valence-electron chi connectivity index (χ0n) is 18.8. The molecule has 1 unspecified atom stereocenters. The fourth-order valence-corrected chi connectivity index (χ4v) is 4.29. The smallest absolute Gasteiger partial charge is 0.334 e. The van der Waals surface area contributed by atoms with E-state index in [0.29, 0.717) is 13.2 Å². The third-order valence-electron chi connectivity index (χ3n) is 4.99. The van der Waals surface area contributed by atoms with Crippen LogP contribution in [0.3, 0.4) is 0 Å². The monoisotopic (exact) mass is 418 g/mol. The first-order valence-corrected chi connectivity index (χ1v) is 13.4. The van der Waals surface area contributed by atoms with Gasteiger partial charge in [-0.15, -0.1) is 6.58 Å². The van der Waals surface area contributed by atoms with Gasteiger partial charge in [0.1, 0.15) is 0 Å². The summed E-state index contributed by atoms with van der Waals surface area (Å²) < 4.78 is 27.9. The summed E-state index contributed by atoms with van der Waals surface area (Å²) in [6.07, 6.45) is 21.8. The number of allylic oxidation sites excluding steroid dienone is 1. The molecule has 0 rings (SSSR count). The molecule has 0 radical (unpaired) electrons. The molecule has 5 heteroatoms. The van der Waals surface area contributed by atoms with Crippen LogP contribution in [0.15, 0.2) is 12.7 Å². The van der Waals surface area contributed by atoms with Gasteiger partial charge in [0.2, 0.25) is 0 Å². The first kappa shape index (κ1) is 27.8. The van der Waals surface area contributed by atoms with Gasteiger partial charge >= 0.3 is 7.60 Å². The second-order valence-electron chi connectivity index (χ2n) is 7.66. The van der Waals surface area contributed by atoms with Crippen molar-refractivity contribution in [3.63, 3.8) is 0 Å². The average molecular weight is 419 g/mol. The van der Waals surface area contributed by atoms with Crippen molar-refractivity contribution in [2.45, 2.75) is 103 Å². The zero-order valence-corrected chi connectivity index (χ0v) is 19.7. The number of hydrogen-bond acceptors (Lipinski definition) is 4. The van der Waals surface area contributed by atoms with Crippen molar-refractivity contribution in [2.24, 2.45) is 0 Å². The summed E-state index contributed by atoms with van der Waals surface area (Å²) in [7, 11) is -1.55. The molecule has 0 N–H and O–H groups in total. The minimum absolute atomic E-state index is 0.253. The van der Waals surface area contributed by atoms with Crippen LogP contribution in [-0.4, -0.2) is 33.1 Å². The van der Waals surface area contributed by atoms with Gasteiger partial charge in [0.15, 0.2) is 0 Å². The fraction of sp³-hybridized carbons (Fsp3) is 0.913. The van der Waals surface area contributed by atoms with Crippen LogP contribution in [-0.2, 0) is 18.3 Å². The molecule has 28 heavy (non-hydrogen) atoms. The molecule has 0 aliphatic heterocycles. The van der Waals surface area contributed by atoms with E-state index in [1.54, 1.807) is 6.08 Å². The van der Waals surface area contributed by atoms with Crippen molar-refractivity contribution in [1.82, 2.24) is 0 Å². The minimum Gasteiger partial charge on any atom is -0.381 e. The maximum absolute atomic E-state index is 12.0. The Morgan fingerprint density at radius 3 is 1.64 bits per heavy atom. The van der Waals surface area contributed by atoms with E-state index in [-0.39, 0.29) is 6.16 Å². The number of ether oxygens (including phenoxy) is 1. The van der Waals surface area contributed by atoms with E-state index in [1.807, 2.05) is 0 Å². The summed E-state index contributed by atoms with van der Waals surface area (Å²) in [5, 5.41) is 0. The molecule has 1 atom stereocenters. The molecule has 0 amide bonds. The van der Waals surface area contributed by atoms with Gasteiger partial charge in [-0.1, -0.05) is 96.5 Å². The normalized spacial score (nSPS) is 13.5. The van der Waals surface area contributed by atoms with Crippen molar-refractivity contribution in [3.05, 3.63) is 12.7 Å². The first-order valence-electron chi connectivity index (χ1n) is 11.7. The standard InChI is InChI=1S/C23H47O4P/c1-4-6-7-8-9-10-11-12-13-14-15-16-17-18-20-26-21-19-22-27-28(24,25-3)23-5-2/h5H,2,4,6-23H2,1,3H3. The highest BCUT2D eigenvalue weighted by atomic mass is 31.2. The van der Waals surface area contributed by atoms with Crippen LogP contribution in [0.2, 0.25) is 0 Å². The van der Waals surface area contributed by atoms with Crippen molar-refractivity contribution in [3.8, 4) is 0 Å². The molecule has 0 aliphatic rings. The summed E-state index contributed by atoms with van der Waals surface area (Å²) in [6, 6.07) is 0. The molecular weight excluding hydrogens is 371 g/mol. The quantitative estimate of drug-likeness (QED) is 0.0960. The Hall–Kier alpha value is -0.150. The Balaban J connectivity index is 3.18. The van der Waals surface area contributed by atoms with Gasteiger partial charge in [-0.25, -0.2) is 0 Å². The van der Waals surface area contributed by atoms with Gasteiger partial charge in [-0.2, -0.15) is 0 Å². The molecule has 0 saturated carbocycles. The molecule has 168 valence electrons. The molecule has 0 aliphatic carbocycles. The van der Waals surface area contributed by atoms with E-state index in [9.17, 15) is 4.57 Å². The molecule has 0 saturated heterocycles. The molecule has 4 nitrogen and oxygen atoms in total. The van der Waals surface area contributed by atoms with Gasteiger partial charge in [0.05, 0.1) is 12.8 Å². The van der Waals surface area contributed by atoms with Crippen molar-refractivity contribution in [1.29, 1.82) is 0 Å². The van der Waals surface area contributed by atoms with Gasteiger partial charge in [0, 0.05) is 20.3 Å². The lowest BCUT2D eigenvalue weighted by atomic mass is 10.0. The predicted molar refractivity (Wildman–Crippen MR) is 121 cm³/mol. The van der Waals surface area contributed by atoms with Gasteiger partial charge in [-0.3, -0.25) is 4.57 Å². The molecule has 0 heterocycles. The summed E-state index contributed by atoms with van der Waals surface area (Å²) in [4.78, 5) is 0. The molecule has 0 aromatic heterocycles. The Labute approximate surface area is 175 Å². The summed E-state index contributed by atoms with van der Waals surface area (Å²) >= 11 is 0. The summed E-state index contributed by atoms with van der Waals surface area (Å²) in [6.45, 7) is 7.71. The van der Waals surface area contributed by atoms with E-state index < -0.39 is 7.60 Å². The van der Waals surface area contributed by atoms with Crippen LogP contribution in [0.1, 0.15) is 103 Å². The fourth-order valence-electron chi connectivity index (χ4n) is 3.20. The van der Waals surface area contributed by atoms with Crippen LogP contribution < -0.4 is 0 Å². The Morgan fingerprint density at radius 2 is 1.18 bits per heavy atom. The van der Waals surface area contributed by atoms with E-state index in [4.69, 9.17) is 13.8 Å². The number of rotatable bonds is 23. The molecule has 0 bridgehead atoms. The van der Waals surface area contributed by atoms with Gasteiger partial charge in [-0.05, 0) is 12.8 Å². The molecular formula is C23H47O4P. The number of unbranched alkanes of at least 4 members (excludes halogenated alkanes) is 13. The third kappa shape index (κ3) is 19.2. The first-order chi connectivity index (χ1) is 13.7. The lowest BCUT2D eigenvalue weighted by Gasteiger charge is -2.14. The maximum Gasteiger partial charge on any atom is 0.334 e. The highest BCUT2D eigenvalue weighted by Crippen LogP contribution is 2.47. The molecule has 0 aromatic carbocycles. The Kier molecular flexibility index (Phi) is 21.4. The zero-order chi connectivity index (χ0) is 20.8. The van der Waals surface area contributed by atoms with E-state index in [0.717, 1.165) is 19.4 Å². The van der Waals surface area contributed by atoms with Crippen molar-refractivity contribution in [2.75, 3.05) is 33.1 Å². The van der Waals surface area contributed by atoms with Crippen LogP contribution in [0.5, 0.6) is 0 Å². The largest absolute Gasteiger partial charge is 0.381 e. The third-order valence-corrected chi connectivity index (χ3v) is 6.83. The van der Waals surface area contributed by atoms with Gasteiger partial charge in [0.25, 0.3) is 0 Å². The Morgan fingerprint density at radius 1 is 0.714 bits per heavy atom. The van der Waals surface area contributed by atoms with E-state index in [1.165, 1.54) is 90.6 Å². The average Bonchev–Trinajstić information content (AvgIpc) is 2.70. The van der Waals surface area contributed by atoms with Crippen molar-refractivity contribution < 1.29 is 18.3 Å². The lowest BCUT2D eigenvalue weighted by molar-refractivity contribution is 0.112. The second-order valence-corrected chi connectivity index (χ2v) is 9.87. The van der Waals surface area contributed by atoms with Crippen molar-refractivity contribution >= 4 is 7.60 Å². The number of hydrogen-bond donors (Lipinski definition) is 0. The van der Waals surface area contributed by atoms with Crippen LogP contribution >= 0.6 is 7.60 Å². The predicted octanol–water partition coefficient (Wildman–Crippen LogP) is 7.92. The molecule has 0 fully saturated rings. The molecule has 0 aromatic rings. The SMILES string of the molecule is C=CCP(=O)(OC)OCCCOCCCCCCCCCCCCCCCC. The van der Waals surface area contributed by atoms with Gasteiger partial charge < -0.3 is 13.8 Å². The molecule has 0 spiro atoms. The lowest BCUT2D eigenvalue weighted by Crippen LogP contribution is -2.03. The van der Waals surface area contributed by atoms with Crippen LogP contribution in [0, 0.1) is 0 Å². The minimum atomic E-state index is -2.97. The maximum atomic E-state index is 12.0. The van der Waals surface area contributed by atoms with E-state index in [2.05, 4.69) is 13.5 Å². The summed E-state index contributed by atoms with van der Waals surface area (Å²) in [5.74, 6) is 0. The topological polar surface area (TPSA) is 44.8 Å². The second kappa shape index (κ2) is 21.6. The van der Waals surface area contributed by atoms with Crippen LogP contribution in [0.4, 0.5) is 0 Å².